The zero-order valence-electron chi connectivity index (χ0n) is 9.75. The Morgan fingerprint density at radius 3 is 3.00 bits per heavy atom. The lowest BCUT2D eigenvalue weighted by Crippen LogP contribution is -2.23. The van der Waals surface area contributed by atoms with E-state index in [1.807, 2.05) is 18.2 Å². The van der Waals surface area contributed by atoms with Crippen molar-refractivity contribution in [3.05, 3.63) is 46.4 Å². The first-order valence-electron chi connectivity index (χ1n) is 5.30. The standard InChI is InChI=1S/C12H12N4S2/c1-9-4-5-11(18-9)8-14-16-12(17)15-10-3-2-6-13-7-10/h2-8H,1H3,(H2,15,16,17)/b14-8+. The van der Waals surface area contributed by atoms with Crippen LogP contribution in [0.1, 0.15) is 9.75 Å². The molecule has 18 heavy (non-hydrogen) atoms. The Bertz CT molecular complexity index is 548. The molecule has 0 radical (unpaired) electrons. The summed E-state index contributed by atoms with van der Waals surface area (Å²) in [5.74, 6) is 0. The Hall–Kier alpha value is -1.79. The number of pyridine rings is 1. The topological polar surface area (TPSA) is 49.3 Å². The molecule has 0 bridgehead atoms. The number of hydrogen-bond acceptors (Lipinski definition) is 4. The third-order valence-electron chi connectivity index (χ3n) is 2.04. The van der Waals surface area contributed by atoms with E-state index in [0.717, 1.165) is 10.6 Å². The minimum Gasteiger partial charge on any atom is -0.330 e. The minimum atomic E-state index is 0.438. The van der Waals surface area contributed by atoms with Gasteiger partial charge >= 0.3 is 0 Å². The zero-order chi connectivity index (χ0) is 12.8. The lowest BCUT2D eigenvalue weighted by Gasteiger charge is -2.05. The fourth-order valence-electron chi connectivity index (χ4n) is 1.27. The molecule has 0 spiro atoms. The van der Waals surface area contributed by atoms with Gasteiger partial charge in [-0.15, -0.1) is 11.3 Å². The van der Waals surface area contributed by atoms with Crippen molar-refractivity contribution in [1.29, 1.82) is 0 Å². The number of anilines is 1. The maximum absolute atomic E-state index is 5.10. The number of thiophene rings is 1. The monoisotopic (exact) mass is 276 g/mol. The molecule has 0 saturated heterocycles. The van der Waals surface area contributed by atoms with E-state index in [2.05, 4.69) is 33.8 Å². The van der Waals surface area contributed by atoms with Crippen LogP contribution in [0.2, 0.25) is 0 Å². The summed E-state index contributed by atoms with van der Waals surface area (Å²) in [6.07, 6.45) is 5.15. The number of hydrogen-bond donors (Lipinski definition) is 2. The highest BCUT2D eigenvalue weighted by molar-refractivity contribution is 7.80. The third-order valence-corrected chi connectivity index (χ3v) is 3.17. The van der Waals surface area contributed by atoms with E-state index >= 15 is 0 Å². The highest BCUT2D eigenvalue weighted by atomic mass is 32.1. The van der Waals surface area contributed by atoms with Gasteiger partial charge in [-0.05, 0) is 43.4 Å². The van der Waals surface area contributed by atoms with Crippen LogP contribution in [0.5, 0.6) is 0 Å². The molecule has 0 amide bonds. The maximum Gasteiger partial charge on any atom is 0.191 e. The van der Waals surface area contributed by atoms with Crippen LogP contribution >= 0.6 is 23.6 Å². The van der Waals surface area contributed by atoms with Crippen molar-refractivity contribution in [1.82, 2.24) is 10.4 Å². The average Bonchev–Trinajstić information content (AvgIpc) is 2.76. The molecule has 2 rings (SSSR count). The van der Waals surface area contributed by atoms with E-state index in [4.69, 9.17) is 12.2 Å². The quantitative estimate of drug-likeness (QED) is 0.514. The van der Waals surface area contributed by atoms with Crippen LogP contribution in [0.4, 0.5) is 5.69 Å². The first-order chi connectivity index (χ1) is 8.74. The summed E-state index contributed by atoms with van der Waals surface area (Å²) in [7, 11) is 0. The van der Waals surface area contributed by atoms with Crippen molar-refractivity contribution in [2.24, 2.45) is 5.10 Å². The van der Waals surface area contributed by atoms with E-state index in [-0.39, 0.29) is 0 Å². The molecule has 0 saturated carbocycles. The van der Waals surface area contributed by atoms with Crippen molar-refractivity contribution in [3.63, 3.8) is 0 Å². The molecule has 92 valence electrons. The number of thiocarbonyl (C=S) groups is 1. The van der Waals surface area contributed by atoms with Crippen LogP contribution in [0.25, 0.3) is 0 Å². The Morgan fingerprint density at radius 1 is 1.44 bits per heavy atom. The molecule has 0 aliphatic rings. The Balaban J connectivity index is 1.83. The van der Waals surface area contributed by atoms with Gasteiger partial charge in [-0.1, -0.05) is 0 Å². The van der Waals surface area contributed by atoms with Gasteiger partial charge in [0.05, 0.1) is 18.1 Å². The van der Waals surface area contributed by atoms with E-state index in [0.29, 0.717) is 5.11 Å². The van der Waals surface area contributed by atoms with Crippen LogP contribution in [-0.4, -0.2) is 16.3 Å². The van der Waals surface area contributed by atoms with Gasteiger partial charge in [-0.2, -0.15) is 5.10 Å². The molecule has 2 N–H and O–H groups in total. The predicted octanol–water partition coefficient (Wildman–Crippen LogP) is 2.77. The number of nitrogens with zero attached hydrogens (tertiary/aromatic N) is 2. The SMILES string of the molecule is Cc1ccc(/C=N/NC(=S)Nc2cccnc2)s1. The summed E-state index contributed by atoms with van der Waals surface area (Å²) in [5, 5.41) is 7.48. The molecule has 2 aromatic rings. The van der Waals surface area contributed by atoms with Crippen molar-refractivity contribution in [2.45, 2.75) is 6.92 Å². The second-order valence-electron chi connectivity index (χ2n) is 3.51. The summed E-state index contributed by atoms with van der Waals surface area (Å²) in [4.78, 5) is 6.33. The molecular formula is C12H12N4S2. The minimum absolute atomic E-state index is 0.438. The van der Waals surface area contributed by atoms with Gasteiger partial charge in [0.2, 0.25) is 0 Å². The van der Waals surface area contributed by atoms with Crippen LogP contribution < -0.4 is 10.7 Å². The largest absolute Gasteiger partial charge is 0.330 e. The van der Waals surface area contributed by atoms with Gasteiger partial charge in [0.25, 0.3) is 0 Å². The Morgan fingerprint density at radius 2 is 2.33 bits per heavy atom. The van der Waals surface area contributed by atoms with Crippen molar-refractivity contribution in [2.75, 3.05) is 5.32 Å². The number of nitrogens with one attached hydrogen (secondary N) is 2. The van der Waals surface area contributed by atoms with E-state index in [1.165, 1.54) is 4.88 Å². The first kappa shape index (κ1) is 12.7. The van der Waals surface area contributed by atoms with Gasteiger partial charge in [0.1, 0.15) is 0 Å². The summed E-state index contributed by atoms with van der Waals surface area (Å²) in [6.45, 7) is 2.06. The zero-order valence-corrected chi connectivity index (χ0v) is 11.4. The van der Waals surface area contributed by atoms with Gasteiger partial charge in [-0.25, -0.2) is 0 Å². The number of aromatic nitrogens is 1. The summed E-state index contributed by atoms with van der Waals surface area (Å²) in [5.41, 5.74) is 3.59. The maximum atomic E-state index is 5.10. The summed E-state index contributed by atoms with van der Waals surface area (Å²) < 4.78 is 0. The fraction of sp³-hybridized carbons (Fsp3) is 0.0833. The van der Waals surface area contributed by atoms with Gasteiger partial charge in [-0.3, -0.25) is 10.4 Å². The predicted molar refractivity (Wildman–Crippen MR) is 80.2 cm³/mol. The summed E-state index contributed by atoms with van der Waals surface area (Å²) >= 11 is 6.78. The molecule has 6 heteroatoms. The third kappa shape index (κ3) is 3.90. The average molecular weight is 276 g/mol. The molecule has 2 heterocycles. The number of aryl methyl sites for hydroxylation is 1. The molecular weight excluding hydrogens is 264 g/mol. The van der Waals surface area contributed by atoms with Crippen molar-refractivity contribution >= 4 is 40.6 Å². The molecule has 0 aromatic carbocycles. The van der Waals surface area contributed by atoms with Crippen LogP contribution in [0, 0.1) is 6.92 Å². The molecule has 2 aromatic heterocycles. The fourth-order valence-corrected chi connectivity index (χ4v) is 2.19. The highest BCUT2D eigenvalue weighted by Crippen LogP contribution is 2.12. The van der Waals surface area contributed by atoms with Crippen molar-refractivity contribution < 1.29 is 0 Å². The van der Waals surface area contributed by atoms with Gasteiger partial charge in [0.15, 0.2) is 5.11 Å². The molecule has 0 fully saturated rings. The van der Waals surface area contributed by atoms with Gasteiger partial charge < -0.3 is 5.32 Å². The highest BCUT2D eigenvalue weighted by Gasteiger charge is 1.95. The number of hydrazone groups is 1. The van der Waals surface area contributed by atoms with Crippen LogP contribution in [0.15, 0.2) is 41.8 Å². The summed E-state index contributed by atoms with van der Waals surface area (Å²) in [6, 6.07) is 7.79. The first-order valence-corrected chi connectivity index (χ1v) is 6.53. The molecule has 0 atom stereocenters. The molecule has 0 unspecified atom stereocenters. The van der Waals surface area contributed by atoms with Crippen molar-refractivity contribution in [3.8, 4) is 0 Å². The van der Waals surface area contributed by atoms with E-state index in [9.17, 15) is 0 Å². The smallest absolute Gasteiger partial charge is 0.191 e. The molecule has 4 nitrogen and oxygen atoms in total. The van der Waals surface area contributed by atoms with E-state index in [1.54, 1.807) is 29.9 Å². The second kappa shape index (κ2) is 6.23. The lowest BCUT2D eigenvalue weighted by molar-refractivity contribution is 1.05. The normalized spacial score (nSPS) is 10.5. The molecule has 0 aliphatic heterocycles. The van der Waals surface area contributed by atoms with Crippen LogP contribution in [-0.2, 0) is 0 Å². The lowest BCUT2D eigenvalue weighted by atomic mass is 10.4. The van der Waals surface area contributed by atoms with Crippen LogP contribution in [0.3, 0.4) is 0 Å². The second-order valence-corrected chi connectivity index (χ2v) is 5.24. The number of rotatable bonds is 3. The Labute approximate surface area is 115 Å². The molecule has 0 aliphatic carbocycles. The Kier molecular flexibility index (Phi) is 4.38. The van der Waals surface area contributed by atoms with E-state index < -0.39 is 0 Å². The van der Waals surface area contributed by atoms with Gasteiger partial charge in [0, 0.05) is 16.0 Å².